The first-order valence-corrected chi connectivity index (χ1v) is 7.30. The summed E-state index contributed by atoms with van der Waals surface area (Å²) < 4.78 is 5.67. The third-order valence-corrected chi connectivity index (χ3v) is 4.88. The number of aromatic hydroxyl groups is 2. The lowest BCUT2D eigenvalue weighted by Gasteiger charge is -2.32. The van der Waals surface area contributed by atoms with Crippen molar-refractivity contribution >= 4 is 17.4 Å². The molecule has 3 aliphatic rings. The lowest BCUT2D eigenvalue weighted by Crippen LogP contribution is -2.47. The zero-order valence-corrected chi connectivity index (χ0v) is 12.9. The fourth-order valence-electron chi connectivity index (χ4n) is 3.66. The summed E-state index contributed by atoms with van der Waals surface area (Å²) in [6.45, 7) is 3.28. The van der Waals surface area contributed by atoms with Gasteiger partial charge in [0.25, 0.3) is 5.91 Å². The number of hydrogen-bond donors (Lipinski definition) is 3. The second-order valence-corrected chi connectivity index (χ2v) is 6.26. The lowest BCUT2D eigenvalue weighted by atomic mass is 9.67. The predicted molar refractivity (Wildman–Crippen MR) is 80.8 cm³/mol. The van der Waals surface area contributed by atoms with E-state index < -0.39 is 29.1 Å². The van der Waals surface area contributed by atoms with Crippen molar-refractivity contribution in [1.82, 2.24) is 0 Å². The minimum atomic E-state index is -1.32. The molecule has 0 spiro atoms. The first-order chi connectivity index (χ1) is 11.3. The maximum atomic E-state index is 13.1. The standard InChI is InChI=1S/C16H14N2O6/c1-5-10-8(24-18-5)4-9-16(2,14(10)21)12-7(20)3-6(19)11(15(17)22)13(12)23-9/h3-4,8,10,19-20H,1-2H3,(H2,17,22)/t8?,10?,16-/m1/s1. The molecule has 0 saturated heterocycles. The van der Waals surface area contributed by atoms with E-state index in [0.717, 1.165) is 6.07 Å². The van der Waals surface area contributed by atoms with Crippen molar-refractivity contribution in [2.24, 2.45) is 16.8 Å². The normalized spacial score (nSPS) is 29.7. The number of rotatable bonds is 1. The van der Waals surface area contributed by atoms with Gasteiger partial charge >= 0.3 is 0 Å². The van der Waals surface area contributed by atoms with Crippen molar-refractivity contribution in [1.29, 1.82) is 0 Å². The van der Waals surface area contributed by atoms with E-state index in [2.05, 4.69) is 5.16 Å². The molecule has 1 amide bonds. The van der Waals surface area contributed by atoms with Crippen LogP contribution in [0.1, 0.15) is 29.8 Å². The van der Waals surface area contributed by atoms with E-state index in [4.69, 9.17) is 15.3 Å². The van der Waals surface area contributed by atoms with Crippen molar-refractivity contribution in [2.75, 3.05) is 0 Å². The quantitative estimate of drug-likeness (QED) is 0.694. The number of phenolic OH excluding ortho intramolecular Hbond substituents is 1. The second kappa shape index (κ2) is 4.28. The number of primary amides is 1. The molecule has 0 aromatic heterocycles. The molecule has 0 bridgehead atoms. The van der Waals surface area contributed by atoms with Gasteiger partial charge in [-0.05, 0) is 19.9 Å². The predicted octanol–water partition coefficient (Wildman–Crippen LogP) is 0.704. The monoisotopic (exact) mass is 330 g/mol. The van der Waals surface area contributed by atoms with E-state index in [1.165, 1.54) is 0 Å². The minimum Gasteiger partial charge on any atom is -0.507 e. The number of carbonyl (C=O) groups is 2. The molecular formula is C16H14N2O6. The lowest BCUT2D eigenvalue weighted by molar-refractivity contribution is -0.128. The van der Waals surface area contributed by atoms with E-state index >= 15 is 0 Å². The fourth-order valence-corrected chi connectivity index (χ4v) is 3.66. The Kier molecular flexibility index (Phi) is 2.60. The summed E-state index contributed by atoms with van der Waals surface area (Å²) in [5, 5.41) is 24.1. The van der Waals surface area contributed by atoms with Crippen molar-refractivity contribution < 1.29 is 29.4 Å². The van der Waals surface area contributed by atoms with Crippen LogP contribution in [0.4, 0.5) is 0 Å². The molecule has 8 heteroatoms. The number of nitrogens with zero attached hydrogens (tertiary/aromatic N) is 1. The Hall–Kier alpha value is -3.03. The molecule has 24 heavy (non-hydrogen) atoms. The Bertz CT molecular complexity index is 887. The number of benzene rings is 1. The number of carbonyl (C=O) groups excluding carboxylic acids is 2. The summed E-state index contributed by atoms with van der Waals surface area (Å²) >= 11 is 0. The molecule has 8 nitrogen and oxygen atoms in total. The molecule has 124 valence electrons. The molecule has 0 saturated carbocycles. The van der Waals surface area contributed by atoms with Gasteiger partial charge in [-0.2, -0.15) is 0 Å². The number of Topliss-reactive ketones (excluding diaryl/α,β-unsaturated/α-hetero) is 1. The highest BCUT2D eigenvalue weighted by Gasteiger charge is 2.59. The Morgan fingerprint density at radius 3 is 2.75 bits per heavy atom. The SMILES string of the molecule is CC1=NOC2C=C3Oc4c(C(N)=O)c(O)cc(O)c4[C@]3(C)C(=O)C12. The van der Waals surface area contributed by atoms with Gasteiger partial charge < -0.3 is 25.5 Å². The number of nitrogens with two attached hydrogens (primary N) is 1. The maximum absolute atomic E-state index is 13.1. The fraction of sp³-hybridized carbons (Fsp3) is 0.312. The van der Waals surface area contributed by atoms with Crippen LogP contribution in [0.25, 0.3) is 0 Å². The van der Waals surface area contributed by atoms with Gasteiger partial charge in [-0.15, -0.1) is 0 Å². The van der Waals surface area contributed by atoms with E-state index in [0.29, 0.717) is 5.71 Å². The highest BCUT2D eigenvalue weighted by atomic mass is 16.6. The van der Waals surface area contributed by atoms with Crippen LogP contribution in [0.5, 0.6) is 17.2 Å². The molecular weight excluding hydrogens is 316 g/mol. The first kappa shape index (κ1) is 14.6. The van der Waals surface area contributed by atoms with Crippen molar-refractivity contribution in [3.8, 4) is 17.2 Å². The molecule has 2 unspecified atom stereocenters. The number of amides is 1. The number of fused-ring (bicyclic) bond motifs is 4. The molecule has 2 aliphatic heterocycles. The number of oxime groups is 1. The number of hydrogen-bond acceptors (Lipinski definition) is 7. The molecule has 4 rings (SSSR count). The van der Waals surface area contributed by atoms with Gasteiger partial charge in [-0.25, -0.2) is 0 Å². The summed E-state index contributed by atoms with van der Waals surface area (Å²) in [5.74, 6) is -2.53. The highest BCUT2D eigenvalue weighted by Crippen LogP contribution is 2.56. The van der Waals surface area contributed by atoms with E-state index in [9.17, 15) is 19.8 Å². The smallest absolute Gasteiger partial charge is 0.256 e. The summed E-state index contributed by atoms with van der Waals surface area (Å²) in [6.07, 6.45) is 1.01. The minimum absolute atomic E-state index is 0.100. The van der Waals surface area contributed by atoms with Crippen LogP contribution in [0, 0.1) is 5.92 Å². The molecule has 2 heterocycles. The number of ether oxygens (including phenoxy) is 1. The average Bonchev–Trinajstić information content (AvgIpc) is 2.98. The van der Waals surface area contributed by atoms with Gasteiger partial charge in [0.05, 0.1) is 11.3 Å². The molecule has 0 fully saturated rings. The molecule has 0 radical (unpaired) electrons. The number of allylic oxidation sites excluding steroid dienone is 1. The van der Waals surface area contributed by atoms with Crippen LogP contribution in [0.2, 0.25) is 0 Å². The number of ketones is 1. The second-order valence-electron chi connectivity index (χ2n) is 6.26. The van der Waals surface area contributed by atoms with E-state index in [-0.39, 0.29) is 34.2 Å². The molecule has 1 aliphatic carbocycles. The summed E-state index contributed by atoms with van der Waals surface area (Å²) in [5.41, 5.74) is 4.36. The largest absolute Gasteiger partial charge is 0.507 e. The van der Waals surface area contributed by atoms with E-state index in [1.807, 2.05) is 0 Å². The van der Waals surface area contributed by atoms with Crippen molar-refractivity contribution in [3.63, 3.8) is 0 Å². The van der Waals surface area contributed by atoms with Gasteiger partial charge in [0, 0.05) is 6.07 Å². The molecule has 4 N–H and O–H groups in total. The van der Waals surface area contributed by atoms with Crippen LogP contribution in [-0.4, -0.2) is 33.7 Å². The third-order valence-electron chi connectivity index (χ3n) is 4.88. The maximum Gasteiger partial charge on any atom is 0.256 e. The van der Waals surface area contributed by atoms with Crippen LogP contribution >= 0.6 is 0 Å². The zero-order valence-electron chi connectivity index (χ0n) is 12.9. The zero-order chi connectivity index (χ0) is 17.4. The topological polar surface area (TPSA) is 131 Å². The Labute approximate surface area is 136 Å². The van der Waals surface area contributed by atoms with Crippen LogP contribution < -0.4 is 10.5 Å². The summed E-state index contributed by atoms with van der Waals surface area (Å²) in [7, 11) is 0. The van der Waals surface area contributed by atoms with Gasteiger partial charge in [0.1, 0.15) is 34.2 Å². The molecule has 3 atom stereocenters. The number of phenols is 2. The van der Waals surface area contributed by atoms with Gasteiger partial charge in [-0.1, -0.05) is 5.16 Å². The molecule has 1 aromatic carbocycles. The van der Waals surface area contributed by atoms with Crippen LogP contribution in [-0.2, 0) is 15.0 Å². The van der Waals surface area contributed by atoms with Crippen molar-refractivity contribution in [2.45, 2.75) is 25.4 Å². The van der Waals surface area contributed by atoms with E-state index in [1.54, 1.807) is 19.9 Å². The van der Waals surface area contributed by atoms with Crippen molar-refractivity contribution in [3.05, 3.63) is 29.0 Å². The first-order valence-electron chi connectivity index (χ1n) is 7.30. The molecule has 1 aromatic rings. The van der Waals surface area contributed by atoms with Gasteiger partial charge in [0.15, 0.2) is 17.6 Å². The Balaban J connectivity index is 2.01. The van der Waals surface area contributed by atoms with Crippen LogP contribution in [0.3, 0.4) is 0 Å². The summed E-state index contributed by atoms with van der Waals surface area (Å²) in [6, 6.07) is 0.988. The van der Waals surface area contributed by atoms with Gasteiger partial charge in [0.2, 0.25) is 0 Å². The van der Waals surface area contributed by atoms with Crippen LogP contribution in [0.15, 0.2) is 23.1 Å². The summed E-state index contributed by atoms with van der Waals surface area (Å²) in [4.78, 5) is 30.0. The highest BCUT2D eigenvalue weighted by molar-refractivity contribution is 6.13. The third kappa shape index (κ3) is 1.50. The average molecular weight is 330 g/mol. The Morgan fingerprint density at radius 2 is 2.08 bits per heavy atom. The Morgan fingerprint density at radius 1 is 1.38 bits per heavy atom. The van der Waals surface area contributed by atoms with Gasteiger partial charge in [-0.3, -0.25) is 9.59 Å².